The highest BCUT2D eigenvalue weighted by Gasteiger charge is 2.22. The number of carbonyl (C=O) groups excluding carboxylic acids is 1. The van der Waals surface area contributed by atoms with E-state index in [1.165, 1.54) is 6.07 Å². The molecule has 1 aliphatic heterocycles. The second-order valence-corrected chi connectivity index (χ2v) is 4.13. The van der Waals surface area contributed by atoms with E-state index in [9.17, 15) is 9.18 Å². The Balaban J connectivity index is 2.11. The third-order valence-corrected chi connectivity index (χ3v) is 2.87. The molecule has 0 spiro atoms. The van der Waals surface area contributed by atoms with Crippen LogP contribution in [0.2, 0.25) is 5.02 Å². The molecule has 1 N–H and O–H groups in total. The molecule has 15 heavy (non-hydrogen) atoms. The maximum atomic E-state index is 13.5. The van der Waals surface area contributed by atoms with Crippen molar-refractivity contribution in [3.8, 4) is 0 Å². The minimum Gasteiger partial charge on any atom is -0.353 e. The van der Waals surface area contributed by atoms with Crippen molar-refractivity contribution in [2.45, 2.75) is 25.3 Å². The van der Waals surface area contributed by atoms with E-state index in [0.29, 0.717) is 18.4 Å². The molecule has 2 nitrogen and oxygen atoms in total. The Bertz CT molecular complexity index is 394. The predicted octanol–water partition coefficient (Wildman–Crippen LogP) is 2.30. The number of benzene rings is 1. The second-order valence-electron chi connectivity index (χ2n) is 3.72. The monoisotopic (exact) mass is 227 g/mol. The van der Waals surface area contributed by atoms with Gasteiger partial charge in [-0.25, -0.2) is 4.39 Å². The van der Waals surface area contributed by atoms with Gasteiger partial charge in [-0.15, -0.1) is 0 Å². The number of halogens is 2. The van der Waals surface area contributed by atoms with Crippen LogP contribution in [0.3, 0.4) is 0 Å². The number of hydrogen-bond donors (Lipinski definition) is 1. The molecule has 80 valence electrons. The fourth-order valence-electron chi connectivity index (χ4n) is 1.80. The van der Waals surface area contributed by atoms with Gasteiger partial charge in [0.1, 0.15) is 5.82 Å². The van der Waals surface area contributed by atoms with Crippen LogP contribution in [-0.2, 0) is 11.2 Å². The maximum absolute atomic E-state index is 13.5. The lowest BCUT2D eigenvalue weighted by Crippen LogP contribution is -2.27. The second kappa shape index (κ2) is 4.19. The summed E-state index contributed by atoms with van der Waals surface area (Å²) in [7, 11) is 0. The lowest BCUT2D eigenvalue weighted by Gasteiger charge is -2.10. The quantitative estimate of drug-likeness (QED) is 0.825. The van der Waals surface area contributed by atoms with Crippen molar-refractivity contribution in [3.63, 3.8) is 0 Å². The fraction of sp³-hybridized carbons (Fsp3) is 0.364. The molecule has 0 aliphatic carbocycles. The predicted molar refractivity (Wildman–Crippen MR) is 56.3 cm³/mol. The third-order valence-electron chi connectivity index (χ3n) is 2.58. The first-order chi connectivity index (χ1) is 7.16. The third kappa shape index (κ3) is 2.29. The van der Waals surface area contributed by atoms with Crippen LogP contribution < -0.4 is 5.32 Å². The maximum Gasteiger partial charge on any atom is 0.220 e. The normalized spacial score (nSPS) is 20.4. The minimum atomic E-state index is -0.375. The zero-order valence-electron chi connectivity index (χ0n) is 8.09. The van der Waals surface area contributed by atoms with E-state index in [4.69, 9.17) is 11.6 Å². The topological polar surface area (TPSA) is 29.1 Å². The molecule has 4 heteroatoms. The molecule has 1 aliphatic rings. The molecule has 1 saturated heterocycles. The standard InChI is InChI=1S/C11H11ClFNO/c12-9-3-1-2-7(11(9)13)6-8-4-5-10(15)14-8/h1-3,8H,4-6H2,(H,14,15). The van der Waals surface area contributed by atoms with Gasteiger partial charge in [0.15, 0.2) is 0 Å². The van der Waals surface area contributed by atoms with Crippen LogP contribution in [0.4, 0.5) is 4.39 Å². The summed E-state index contributed by atoms with van der Waals surface area (Å²) < 4.78 is 13.5. The summed E-state index contributed by atoms with van der Waals surface area (Å²) in [6.07, 6.45) is 1.82. The van der Waals surface area contributed by atoms with Crippen molar-refractivity contribution in [1.82, 2.24) is 5.32 Å². The Labute approximate surface area is 92.4 Å². The van der Waals surface area contributed by atoms with E-state index >= 15 is 0 Å². The number of amides is 1. The molecule has 1 atom stereocenters. The summed E-state index contributed by atoms with van der Waals surface area (Å²) >= 11 is 5.67. The average molecular weight is 228 g/mol. The zero-order valence-corrected chi connectivity index (χ0v) is 8.85. The average Bonchev–Trinajstić information content (AvgIpc) is 2.59. The van der Waals surface area contributed by atoms with Gasteiger partial charge in [-0.2, -0.15) is 0 Å². The highest BCUT2D eigenvalue weighted by Crippen LogP contribution is 2.21. The highest BCUT2D eigenvalue weighted by atomic mass is 35.5. The summed E-state index contributed by atoms with van der Waals surface area (Å²) in [6.45, 7) is 0. The Morgan fingerprint density at radius 2 is 2.33 bits per heavy atom. The Morgan fingerprint density at radius 3 is 3.00 bits per heavy atom. The number of carbonyl (C=O) groups is 1. The largest absolute Gasteiger partial charge is 0.353 e. The van der Waals surface area contributed by atoms with Crippen LogP contribution in [0, 0.1) is 5.82 Å². The summed E-state index contributed by atoms with van der Waals surface area (Å²) in [5.41, 5.74) is 0.565. The van der Waals surface area contributed by atoms with Crippen LogP contribution in [0.15, 0.2) is 18.2 Å². The molecule has 2 rings (SSSR count). The molecular weight excluding hydrogens is 217 g/mol. The van der Waals surface area contributed by atoms with Gasteiger partial charge in [-0.1, -0.05) is 23.7 Å². The van der Waals surface area contributed by atoms with Crippen molar-refractivity contribution in [1.29, 1.82) is 0 Å². The van der Waals surface area contributed by atoms with Crippen molar-refractivity contribution in [3.05, 3.63) is 34.6 Å². The first-order valence-corrected chi connectivity index (χ1v) is 5.27. The van der Waals surface area contributed by atoms with E-state index in [1.54, 1.807) is 12.1 Å². The summed E-state index contributed by atoms with van der Waals surface area (Å²) in [5, 5.41) is 2.94. The van der Waals surface area contributed by atoms with Gasteiger partial charge in [-0.3, -0.25) is 4.79 Å². The molecule has 1 aromatic rings. The highest BCUT2D eigenvalue weighted by molar-refractivity contribution is 6.30. The van der Waals surface area contributed by atoms with Gasteiger partial charge in [0.2, 0.25) is 5.91 Å². The van der Waals surface area contributed by atoms with Crippen LogP contribution in [0.1, 0.15) is 18.4 Å². The van der Waals surface area contributed by atoms with Crippen LogP contribution >= 0.6 is 11.6 Å². The van der Waals surface area contributed by atoms with Crippen LogP contribution in [0.25, 0.3) is 0 Å². The summed E-state index contributed by atoms with van der Waals surface area (Å²) in [5.74, 6) is -0.331. The van der Waals surface area contributed by atoms with Gasteiger partial charge in [-0.05, 0) is 24.5 Å². The number of rotatable bonds is 2. The van der Waals surface area contributed by atoms with Gasteiger partial charge >= 0.3 is 0 Å². The fourth-order valence-corrected chi connectivity index (χ4v) is 2.00. The zero-order chi connectivity index (χ0) is 10.8. The SMILES string of the molecule is O=C1CCC(Cc2cccc(Cl)c2F)N1. The van der Waals surface area contributed by atoms with Crippen LogP contribution in [-0.4, -0.2) is 11.9 Å². The lowest BCUT2D eigenvalue weighted by molar-refractivity contribution is -0.119. The first kappa shape index (κ1) is 10.4. The van der Waals surface area contributed by atoms with E-state index < -0.39 is 0 Å². The number of nitrogens with one attached hydrogen (secondary N) is 1. The Kier molecular flexibility index (Phi) is 2.91. The van der Waals surface area contributed by atoms with E-state index in [2.05, 4.69) is 5.32 Å². The van der Waals surface area contributed by atoms with E-state index in [-0.39, 0.29) is 22.8 Å². The molecule has 0 aromatic heterocycles. The molecule has 1 amide bonds. The van der Waals surface area contributed by atoms with Crippen molar-refractivity contribution in [2.24, 2.45) is 0 Å². The molecule has 1 fully saturated rings. The van der Waals surface area contributed by atoms with E-state index in [0.717, 1.165) is 6.42 Å². The van der Waals surface area contributed by atoms with Crippen molar-refractivity contribution >= 4 is 17.5 Å². The molecule has 1 unspecified atom stereocenters. The molecule has 0 saturated carbocycles. The molecular formula is C11H11ClFNO. The van der Waals surface area contributed by atoms with Gasteiger partial charge in [0, 0.05) is 12.5 Å². The molecule has 0 radical (unpaired) electrons. The Hall–Kier alpha value is -1.09. The van der Waals surface area contributed by atoms with Gasteiger partial charge in [0.05, 0.1) is 5.02 Å². The Morgan fingerprint density at radius 1 is 1.53 bits per heavy atom. The summed E-state index contributed by atoms with van der Waals surface area (Å²) in [6, 6.07) is 4.99. The number of hydrogen-bond acceptors (Lipinski definition) is 1. The molecule has 1 heterocycles. The smallest absolute Gasteiger partial charge is 0.220 e. The molecule has 0 bridgehead atoms. The van der Waals surface area contributed by atoms with Crippen molar-refractivity contribution in [2.75, 3.05) is 0 Å². The van der Waals surface area contributed by atoms with Crippen LogP contribution in [0.5, 0.6) is 0 Å². The molecule has 1 aromatic carbocycles. The van der Waals surface area contributed by atoms with Gasteiger partial charge < -0.3 is 5.32 Å². The van der Waals surface area contributed by atoms with Gasteiger partial charge in [0.25, 0.3) is 0 Å². The van der Waals surface area contributed by atoms with Crippen molar-refractivity contribution < 1.29 is 9.18 Å². The lowest BCUT2D eigenvalue weighted by atomic mass is 10.0. The summed E-state index contributed by atoms with van der Waals surface area (Å²) in [4.78, 5) is 11.0. The first-order valence-electron chi connectivity index (χ1n) is 4.89. The van der Waals surface area contributed by atoms with E-state index in [1.807, 2.05) is 0 Å². The minimum absolute atomic E-state index is 0.0439.